The number of anilines is 1. The van der Waals surface area contributed by atoms with Crippen molar-refractivity contribution in [3.63, 3.8) is 0 Å². The lowest BCUT2D eigenvalue weighted by molar-refractivity contribution is 0.413. The van der Waals surface area contributed by atoms with E-state index in [0.717, 1.165) is 5.56 Å². The molecule has 1 saturated heterocycles. The molecule has 140 valence electrons. The Balaban J connectivity index is 1.83. The Morgan fingerprint density at radius 3 is 2.46 bits per heavy atom. The van der Waals surface area contributed by atoms with Crippen LogP contribution in [0.1, 0.15) is 29.9 Å². The van der Waals surface area contributed by atoms with Crippen molar-refractivity contribution < 1.29 is 22.1 Å². The number of halogens is 1. The topological polar surface area (TPSA) is 66.8 Å². The molecule has 3 rings (SSSR count). The Labute approximate surface area is 153 Å². The first-order valence-electron chi connectivity index (χ1n) is 8.46. The maximum Gasteiger partial charge on any atom is 0.294 e. The van der Waals surface area contributed by atoms with Crippen LogP contribution >= 0.6 is 0 Å². The number of ether oxygens (including phenoxy) is 1. The lowest BCUT2D eigenvalue weighted by Crippen LogP contribution is -2.33. The SMILES string of the molecule is COc1ccc(F)c(N2CCC(c3cc(C)ccc3S(=O)(=O)O)CC2)c1. The first kappa shape index (κ1) is 18.7. The third kappa shape index (κ3) is 3.83. The van der Waals surface area contributed by atoms with Gasteiger partial charge in [-0.05, 0) is 49.4 Å². The number of aryl methyl sites for hydroxylation is 1. The van der Waals surface area contributed by atoms with Crippen molar-refractivity contribution in [2.45, 2.75) is 30.6 Å². The van der Waals surface area contributed by atoms with Crippen LogP contribution in [0, 0.1) is 12.7 Å². The van der Waals surface area contributed by atoms with Gasteiger partial charge in [0.15, 0.2) is 0 Å². The van der Waals surface area contributed by atoms with Crippen molar-refractivity contribution in [2.24, 2.45) is 0 Å². The summed E-state index contributed by atoms with van der Waals surface area (Å²) in [6.45, 7) is 3.07. The summed E-state index contributed by atoms with van der Waals surface area (Å²) in [4.78, 5) is 1.91. The highest BCUT2D eigenvalue weighted by Gasteiger charge is 2.27. The van der Waals surface area contributed by atoms with Crippen molar-refractivity contribution in [1.29, 1.82) is 0 Å². The normalized spacial score (nSPS) is 15.9. The molecule has 7 heteroatoms. The molecule has 1 heterocycles. The van der Waals surface area contributed by atoms with Crippen molar-refractivity contribution >= 4 is 15.8 Å². The van der Waals surface area contributed by atoms with E-state index in [-0.39, 0.29) is 16.6 Å². The molecule has 0 spiro atoms. The standard InChI is InChI=1S/C19H22FNO4S/c1-13-3-6-19(26(22,23)24)16(11-13)14-7-9-21(10-8-14)18-12-15(25-2)4-5-17(18)20/h3-6,11-12,14H,7-10H2,1-2H3,(H,22,23,24). The fraction of sp³-hybridized carbons (Fsp3) is 0.368. The van der Waals surface area contributed by atoms with E-state index in [4.69, 9.17) is 4.74 Å². The van der Waals surface area contributed by atoms with Gasteiger partial charge in [-0.2, -0.15) is 8.42 Å². The van der Waals surface area contributed by atoms with Crippen LogP contribution < -0.4 is 9.64 Å². The van der Waals surface area contributed by atoms with E-state index in [0.29, 0.717) is 42.9 Å². The molecule has 5 nitrogen and oxygen atoms in total. The molecular weight excluding hydrogens is 357 g/mol. The van der Waals surface area contributed by atoms with Crippen LogP contribution in [0.25, 0.3) is 0 Å². The summed E-state index contributed by atoms with van der Waals surface area (Å²) >= 11 is 0. The van der Waals surface area contributed by atoms with Gasteiger partial charge in [0.05, 0.1) is 17.7 Å². The van der Waals surface area contributed by atoms with E-state index in [1.165, 1.54) is 19.2 Å². The van der Waals surface area contributed by atoms with Gasteiger partial charge in [0.1, 0.15) is 11.6 Å². The highest BCUT2D eigenvalue weighted by Crippen LogP contribution is 2.36. The van der Waals surface area contributed by atoms with Gasteiger partial charge in [0.25, 0.3) is 10.1 Å². The monoisotopic (exact) mass is 379 g/mol. The van der Waals surface area contributed by atoms with Gasteiger partial charge >= 0.3 is 0 Å². The van der Waals surface area contributed by atoms with Crippen LogP contribution in [0.2, 0.25) is 0 Å². The van der Waals surface area contributed by atoms with Crippen molar-refractivity contribution in [1.82, 2.24) is 0 Å². The minimum atomic E-state index is -4.27. The van der Waals surface area contributed by atoms with E-state index >= 15 is 0 Å². The fourth-order valence-corrected chi connectivity index (χ4v) is 4.28. The fourth-order valence-electron chi connectivity index (χ4n) is 3.52. The average Bonchev–Trinajstić information content (AvgIpc) is 2.61. The second-order valence-corrected chi connectivity index (χ2v) is 7.98. The molecule has 1 N–H and O–H groups in total. The minimum Gasteiger partial charge on any atom is -0.497 e. The summed E-state index contributed by atoms with van der Waals surface area (Å²) in [5, 5.41) is 0. The van der Waals surface area contributed by atoms with Gasteiger partial charge < -0.3 is 9.64 Å². The van der Waals surface area contributed by atoms with Gasteiger partial charge in [-0.25, -0.2) is 4.39 Å². The number of hydrogen-bond donors (Lipinski definition) is 1. The predicted octanol–water partition coefficient (Wildman–Crippen LogP) is 3.77. The molecule has 1 aliphatic rings. The molecule has 0 saturated carbocycles. The van der Waals surface area contributed by atoms with Crippen LogP contribution in [0.3, 0.4) is 0 Å². The van der Waals surface area contributed by atoms with Gasteiger partial charge in [0.2, 0.25) is 0 Å². The Morgan fingerprint density at radius 2 is 1.85 bits per heavy atom. The summed E-state index contributed by atoms with van der Waals surface area (Å²) in [6, 6.07) is 9.58. The number of methoxy groups -OCH3 is 1. The van der Waals surface area contributed by atoms with Crippen LogP contribution in [-0.4, -0.2) is 33.2 Å². The van der Waals surface area contributed by atoms with Crippen molar-refractivity contribution in [2.75, 3.05) is 25.1 Å². The Morgan fingerprint density at radius 1 is 1.15 bits per heavy atom. The highest BCUT2D eigenvalue weighted by molar-refractivity contribution is 7.85. The number of benzene rings is 2. The molecule has 1 fully saturated rings. The van der Waals surface area contributed by atoms with Crippen LogP contribution in [-0.2, 0) is 10.1 Å². The molecule has 0 atom stereocenters. The van der Waals surface area contributed by atoms with Crippen LogP contribution in [0.4, 0.5) is 10.1 Å². The number of nitrogens with zero attached hydrogens (tertiary/aromatic N) is 1. The molecule has 26 heavy (non-hydrogen) atoms. The molecule has 0 unspecified atom stereocenters. The summed E-state index contributed by atoms with van der Waals surface area (Å²) in [5.41, 5.74) is 2.06. The average molecular weight is 379 g/mol. The first-order chi connectivity index (χ1) is 12.3. The van der Waals surface area contributed by atoms with Crippen molar-refractivity contribution in [3.8, 4) is 5.75 Å². The maximum absolute atomic E-state index is 14.2. The van der Waals surface area contributed by atoms with E-state index in [1.54, 1.807) is 18.2 Å². The molecule has 0 aliphatic carbocycles. The second-order valence-electron chi connectivity index (χ2n) is 6.60. The van der Waals surface area contributed by atoms with Gasteiger partial charge in [0, 0.05) is 19.2 Å². The third-order valence-electron chi connectivity index (χ3n) is 4.87. The highest BCUT2D eigenvalue weighted by atomic mass is 32.2. The van der Waals surface area contributed by atoms with E-state index < -0.39 is 10.1 Å². The molecule has 2 aromatic carbocycles. The third-order valence-corrected chi connectivity index (χ3v) is 5.80. The summed E-state index contributed by atoms with van der Waals surface area (Å²) in [6.07, 6.45) is 1.34. The predicted molar refractivity (Wildman–Crippen MR) is 98.1 cm³/mol. The van der Waals surface area contributed by atoms with Crippen LogP contribution in [0.15, 0.2) is 41.3 Å². The maximum atomic E-state index is 14.2. The van der Waals surface area contributed by atoms with Gasteiger partial charge in [-0.15, -0.1) is 0 Å². The Kier molecular flexibility index (Phi) is 5.20. The molecule has 0 amide bonds. The van der Waals surface area contributed by atoms with E-state index in [1.807, 2.05) is 17.9 Å². The molecule has 2 aromatic rings. The largest absolute Gasteiger partial charge is 0.497 e. The summed E-state index contributed by atoms with van der Waals surface area (Å²) < 4.78 is 52.2. The summed E-state index contributed by atoms with van der Waals surface area (Å²) in [7, 11) is -2.73. The molecular formula is C19H22FNO4S. The quantitative estimate of drug-likeness (QED) is 0.819. The zero-order chi connectivity index (χ0) is 18.9. The number of rotatable bonds is 4. The van der Waals surface area contributed by atoms with E-state index in [2.05, 4.69) is 0 Å². The van der Waals surface area contributed by atoms with Gasteiger partial charge in [-0.3, -0.25) is 4.55 Å². The molecule has 0 aromatic heterocycles. The number of piperidine rings is 1. The van der Waals surface area contributed by atoms with Crippen molar-refractivity contribution in [3.05, 3.63) is 53.3 Å². The second kappa shape index (κ2) is 7.25. The van der Waals surface area contributed by atoms with E-state index in [9.17, 15) is 17.4 Å². The number of hydrogen-bond acceptors (Lipinski definition) is 4. The summed E-state index contributed by atoms with van der Waals surface area (Å²) in [5.74, 6) is 0.283. The Bertz CT molecular complexity index is 906. The minimum absolute atomic E-state index is 0.00301. The van der Waals surface area contributed by atoms with Gasteiger partial charge in [-0.1, -0.05) is 17.7 Å². The zero-order valence-corrected chi connectivity index (χ0v) is 15.6. The smallest absolute Gasteiger partial charge is 0.294 e. The lowest BCUT2D eigenvalue weighted by Gasteiger charge is -2.34. The zero-order valence-electron chi connectivity index (χ0n) is 14.8. The van der Waals surface area contributed by atoms with Crippen LogP contribution in [0.5, 0.6) is 5.75 Å². The lowest BCUT2D eigenvalue weighted by atomic mass is 9.88. The molecule has 0 radical (unpaired) electrons. The molecule has 0 bridgehead atoms. The molecule has 1 aliphatic heterocycles. The first-order valence-corrected chi connectivity index (χ1v) is 9.90. The Hall–Kier alpha value is -2.12.